The monoisotopic (exact) mass is 184 g/mol. The highest BCUT2D eigenvalue weighted by Crippen LogP contribution is 2.37. The van der Waals surface area contributed by atoms with Crippen LogP contribution in [0.25, 0.3) is 0 Å². The van der Waals surface area contributed by atoms with Crippen molar-refractivity contribution in [1.82, 2.24) is 4.98 Å². The zero-order valence-corrected chi connectivity index (χ0v) is 7.55. The number of hydrogen-bond donors (Lipinski definition) is 2. The summed E-state index contributed by atoms with van der Waals surface area (Å²) in [4.78, 5) is 5.12. The average Bonchev–Trinajstić information content (AvgIpc) is 2.58. The Hall–Kier alpha value is -0.610. The second-order valence-corrected chi connectivity index (χ2v) is 4.30. The molecule has 0 spiro atoms. The number of aromatic nitrogens is 1. The molecule has 2 atom stereocenters. The highest BCUT2D eigenvalue weighted by Gasteiger charge is 2.27. The number of nitrogen functional groups attached to an aromatic ring is 1. The van der Waals surface area contributed by atoms with Gasteiger partial charge in [0.1, 0.15) is 0 Å². The van der Waals surface area contributed by atoms with Gasteiger partial charge in [-0.3, -0.25) is 0 Å². The highest BCUT2D eigenvalue weighted by molar-refractivity contribution is 7.15. The number of nitrogens with zero attached hydrogens (tertiary/aromatic N) is 1. The van der Waals surface area contributed by atoms with Gasteiger partial charge in [0.25, 0.3) is 0 Å². The molecule has 0 radical (unpaired) electrons. The van der Waals surface area contributed by atoms with Gasteiger partial charge in [0.05, 0.1) is 6.10 Å². The fourth-order valence-corrected chi connectivity index (χ4v) is 2.62. The van der Waals surface area contributed by atoms with E-state index in [1.54, 1.807) is 6.20 Å². The van der Waals surface area contributed by atoms with Crippen molar-refractivity contribution in [1.29, 1.82) is 0 Å². The summed E-state index contributed by atoms with van der Waals surface area (Å²) >= 11 is 1.50. The van der Waals surface area contributed by atoms with Crippen LogP contribution in [0.3, 0.4) is 0 Å². The maximum absolute atomic E-state index is 9.59. The number of hydrogen-bond acceptors (Lipinski definition) is 4. The van der Waals surface area contributed by atoms with Crippen LogP contribution >= 0.6 is 11.3 Å². The lowest BCUT2D eigenvalue weighted by Gasteiger charge is -2.10. The summed E-state index contributed by atoms with van der Waals surface area (Å²) in [6.07, 6.45) is 4.72. The van der Waals surface area contributed by atoms with Crippen LogP contribution in [0.5, 0.6) is 0 Å². The lowest BCUT2D eigenvalue weighted by molar-refractivity contribution is 0.165. The largest absolute Gasteiger partial charge is 0.392 e. The molecule has 3 nitrogen and oxygen atoms in total. The molecule has 0 bridgehead atoms. The molecule has 2 unspecified atom stereocenters. The molecular formula is C8H12N2OS. The Morgan fingerprint density at radius 1 is 1.58 bits per heavy atom. The predicted octanol–water partition coefficient (Wildman–Crippen LogP) is 1.35. The first kappa shape index (κ1) is 8.01. The van der Waals surface area contributed by atoms with Crippen LogP contribution in [0.4, 0.5) is 5.13 Å². The lowest BCUT2D eigenvalue weighted by atomic mass is 10.1. The second kappa shape index (κ2) is 3.03. The van der Waals surface area contributed by atoms with Gasteiger partial charge in [-0.2, -0.15) is 0 Å². The van der Waals surface area contributed by atoms with E-state index in [-0.39, 0.29) is 6.10 Å². The Balaban J connectivity index is 2.19. The summed E-state index contributed by atoms with van der Waals surface area (Å²) < 4.78 is 0. The van der Waals surface area contributed by atoms with Crippen molar-refractivity contribution < 1.29 is 5.11 Å². The minimum Gasteiger partial charge on any atom is -0.392 e. The summed E-state index contributed by atoms with van der Waals surface area (Å²) in [6.45, 7) is 0. The first-order valence-electron chi connectivity index (χ1n) is 4.16. The number of rotatable bonds is 1. The van der Waals surface area contributed by atoms with Crippen molar-refractivity contribution >= 4 is 16.5 Å². The zero-order chi connectivity index (χ0) is 8.55. The number of anilines is 1. The standard InChI is InChI=1S/C8H12N2OS/c9-8-10-4-7(12-8)5-2-1-3-6(5)11/h4-6,11H,1-3H2,(H2,9,10). The van der Waals surface area contributed by atoms with E-state index in [2.05, 4.69) is 4.98 Å². The Morgan fingerprint density at radius 3 is 2.92 bits per heavy atom. The highest BCUT2D eigenvalue weighted by atomic mass is 32.1. The predicted molar refractivity (Wildman–Crippen MR) is 49.1 cm³/mol. The Bertz CT molecular complexity index is 274. The van der Waals surface area contributed by atoms with Gasteiger partial charge in [-0.1, -0.05) is 6.42 Å². The minimum atomic E-state index is -0.176. The molecule has 1 fully saturated rings. The molecule has 3 N–H and O–H groups in total. The quantitative estimate of drug-likeness (QED) is 0.692. The molecule has 0 aromatic carbocycles. The summed E-state index contributed by atoms with van der Waals surface area (Å²) in [7, 11) is 0. The molecule has 1 aliphatic rings. The Kier molecular flexibility index (Phi) is 2.02. The van der Waals surface area contributed by atoms with Gasteiger partial charge in [0.15, 0.2) is 5.13 Å². The van der Waals surface area contributed by atoms with Crippen molar-refractivity contribution in [3.63, 3.8) is 0 Å². The van der Waals surface area contributed by atoms with E-state index >= 15 is 0 Å². The minimum absolute atomic E-state index is 0.176. The molecular weight excluding hydrogens is 172 g/mol. The third kappa shape index (κ3) is 1.32. The summed E-state index contributed by atoms with van der Waals surface area (Å²) in [5, 5.41) is 10.2. The van der Waals surface area contributed by atoms with Gasteiger partial charge in [-0.05, 0) is 12.8 Å². The normalized spacial score (nSPS) is 29.4. The van der Waals surface area contributed by atoms with E-state index in [9.17, 15) is 5.11 Å². The molecule has 2 rings (SSSR count). The molecule has 1 aromatic heterocycles. The zero-order valence-electron chi connectivity index (χ0n) is 6.73. The Labute approximate surface area is 75.2 Å². The summed E-state index contributed by atoms with van der Waals surface area (Å²) in [6, 6.07) is 0. The molecule has 12 heavy (non-hydrogen) atoms. The number of nitrogens with two attached hydrogens (primary N) is 1. The smallest absolute Gasteiger partial charge is 0.180 e. The molecule has 1 heterocycles. The van der Waals surface area contributed by atoms with Crippen molar-refractivity contribution in [2.45, 2.75) is 31.3 Å². The van der Waals surface area contributed by atoms with Gasteiger partial charge in [0, 0.05) is 17.0 Å². The van der Waals surface area contributed by atoms with Crippen molar-refractivity contribution in [2.24, 2.45) is 0 Å². The van der Waals surface area contributed by atoms with E-state index < -0.39 is 0 Å². The first-order chi connectivity index (χ1) is 5.77. The van der Waals surface area contributed by atoms with Crippen molar-refractivity contribution in [3.05, 3.63) is 11.1 Å². The molecule has 1 aliphatic carbocycles. The van der Waals surface area contributed by atoms with Gasteiger partial charge in [-0.15, -0.1) is 11.3 Å². The van der Waals surface area contributed by atoms with Gasteiger partial charge < -0.3 is 10.8 Å². The molecule has 4 heteroatoms. The number of thiazole rings is 1. The van der Waals surface area contributed by atoms with Crippen LogP contribution < -0.4 is 5.73 Å². The number of aliphatic hydroxyl groups excluding tert-OH is 1. The van der Waals surface area contributed by atoms with E-state index in [0.717, 1.165) is 24.1 Å². The van der Waals surface area contributed by atoms with Gasteiger partial charge in [-0.25, -0.2) is 4.98 Å². The topological polar surface area (TPSA) is 59.1 Å². The van der Waals surface area contributed by atoms with E-state index in [0.29, 0.717) is 11.0 Å². The first-order valence-corrected chi connectivity index (χ1v) is 4.98. The van der Waals surface area contributed by atoms with Crippen LogP contribution in [0.15, 0.2) is 6.20 Å². The molecule has 66 valence electrons. The maximum atomic E-state index is 9.59. The molecule has 0 saturated heterocycles. The van der Waals surface area contributed by atoms with Crippen LogP contribution in [0.2, 0.25) is 0 Å². The van der Waals surface area contributed by atoms with Crippen LogP contribution in [0, 0.1) is 0 Å². The summed E-state index contributed by atoms with van der Waals surface area (Å²) in [5.74, 6) is 0.291. The third-order valence-corrected chi connectivity index (χ3v) is 3.34. The van der Waals surface area contributed by atoms with Gasteiger partial charge >= 0.3 is 0 Å². The lowest BCUT2D eigenvalue weighted by Crippen LogP contribution is -2.09. The van der Waals surface area contributed by atoms with Crippen LogP contribution in [-0.4, -0.2) is 16.2 Å². The average molecular weight is 184 g/mol. The van der Waals surface area contributed by atoms with Crippen molar-refractivity contribution in [3.8, 4) is 0 Å². The van der Waals surface area contributed by atoms with E-state index in [1.165, 1.54) is 11.3 Å². The Morgan fingerprint density at radius 2 is 2.42 bits per heavy atom. The van der Waals surface area contributed by atoms with E-state index in [4.69, 9.17) is 5.73 Å². The van der Waals surface area contributed by atoms with Gasteiger partial charge in [0.2, 0.25) is 0 Å². The number of aliphatic hydroxyl groups is 1. The fraction of sp³-hybridized carbons (Fsp3) is 0.625. The van der Waals surface area contributed by atoms with Crippen molar-refractivity contribution in [2.75, 3.05) is 5.73 Å². The third-order valence-electron chi connectivity index (χ3n) is 2.39. The SMILES string of the molecule is Nc1ncc(C2CCCC2O)s1. The van der Waals surface area contributed by atoms with Crippen LogP contribution in [0.1, 0.15) is 30.1 Å². The molecule has 0 aliphatic heterocycles. The van der Waals surface area contributed by atoms with E-state index in [1.807, 2.05) is 0 Å². The van der Waals surface area contributed by atoms with Crippen LogP contribution in [-0.2, 0) is 0 Å². The maximum Gasteiger partial charge on any atom is 0.180 e. The fourth-order valence-electron chi connectivity index (χ4n) is 1.74. The molecule has 0 amide bonds. The molecule has 1 aromatic rings. The molecule has 1 saturated carbocycles. The summed E-state index contributed by atoms with van der Waals surface area (Å²) in [5.41, 5.74) is 5.52. The second-order valence-electron chi connectivity index (χ2n) is 3.21.